The first-order chi connectivity index (χ1) is 5.20. The van der Waals surface area contributed by atoms with E-state index in [9.17, 15) is 0 Å². The maximum atomic E-state index is 5.69. The van der Waals surface area contributed by atoms with E-state index in [2.05, 4.69) is 33.4 Å². The van der Waals surface area contributed by atoms with E-state index >= 15 is 0 Å². The Hall–Kier alpha value is 0.310. The molecule has 1 aliphatic heterocycles. The van der Waals surface area contributed by atoms with E-state index in [1.807, 2.05) is 0 Å². The first-order valence-electron chi connectivity index (χ1n) is 4.54. The standard InChI is InChI=1S/C9H18OS/c1-4-7-6(3)9(11)10-8(7)5-2/h6-9,11H,4-5H2,1-3H3. The molecule has 1 saturated heterocycles. The average Bonchev–Trinajstić information content (AvgIpc) is 2.28. The van der Waals surface area contributed by atoms with Crippen LogP contribution in [0.3, 0.4) is 0 Å². The molecule has 2 heteroatoms. The molecule has 0 spiro atoms. The Balaban J connectivity index is 2.57. The summed E-state index contributed by atoms with van der Waals surface area (Å²) < 4.78 is 5.69. The molecule has 1 nitrogen and oxygen atoms in total. The Morgan fingerprint density at radius 2 is 1.91 bits per heavy atom. The lowest BCUT2D eigenvalue weighted by Gasteiger charge is -2.16. The van der Waals surface area contributed by atoms with E-state index in [0.717, 1.165) is 12.3 Å². The van der Waals surface area contributed by atoms with Gasteiger partial charge >= 0.3 is 0 Å². The van der Waals surface area contributed by atoms with Gasteiger partial charge in [-0.15, -0.1) is 12.6 Å². The average molecular weight is 174 g/mol. The van der Waals surface area contributed by atoms with Gasteiger partial charge in [-0.05, 0) is 18.3 Å². The van der Waals surface area contributed by atoms with Gasteiger partial charge < -0.3 is 4.74 Å². The van der Waals surface area contributed by atoms with Gasteiger partial charge in [0.2, 0.25) is 0 Å². The van der Waals surface area contributed by atoms with Crippen molar-refractivity contribution < 1.29 is 4.74 Å². The minimum atomic E-state index is 0.171. The summed E-state index contributed by atoms with van der Waals surface area (Å²) in [5, 5.41) is 0. The summed E-state index contributed by atoms with van der Waals surface area (Å²) in [6.07, 6.45) is 2.80. The van der Waals surface area contributed by atoms with Crippen molar-refractivity contribution in [3.8, 4) is 0 Å². The van der Waals surface area contributed by atoms with Crippen molar-refractivity contribution in [3.63, 3.8) is 0 Å². The van der Waals surface area contributed by atoms with E-state index in [1.54, 1.807) is 0 Å². The maximum absolute atomic E-state index is 5.69. The fourth-order valence-electron chi connectivity index (χ4n) is 1.99. The van der Waals surface area contributed by atoms with Gasteiger partial charge in [0.25, 0.3) is 0 Å². The van der Waals surface area contributed by atoms with E-state index in [0.29, 0.717) is 12.0 Å². The molecule has 0 aromatic rings. The SMILES string of the molecule is CCC1OC(S)C(C)C1CC. The molecular formula is C9H18OS. The van der Waals surface area contributed by atoms with Crippen LogP contribution in [-0.2, 0) is 4.74 Å². The van der Waals surface area contributed by atoms with Gasteiger partial charge in [-0.3, -0.25) is 0 Å². The number of thiol groups is 1. The Labute approximate surface area is 74.9 Å². The van der Waals surface area contributed by atoms with Crippen molar-refractivity contribution in [3.05, 3.63) is 0 Å². The van der Waals surface area contributed by atoms with Gasteiger partial charge in [0.05, 0.1) is 6.10 Å². The third kappa shape index (κ3) is 1.73. The quantitative estimate of drug-likeness (QED) is 0.633. The second-order valence-electron chi connectivity index (χ2n) is 3.40. The van der Waals surface area contributed by atoms with Crippen LogP contribution in [0.25, 0.3) is 0 Å². The lowest BCUT2D eigenvalue weighted by atomic mass is 9.89. The van der Waals surface area contributed by atoms with Gasteiger partial charge in [0.1, 0.15) is 5.44 Å². The molecule has 0 N–H and O–H groups in total. The molecular weight excluding hydrogens is 156 g/mol. The van der Waals surface area contributed by atoms with E-state index in [4.69, 9.17) is 4.74 Å². The second-order valence-corrected chi connectivity index (χ2v) is 3.91. The van der Waals surface area contributed by atoms with Crippen LogP contribution in [0.5, 0.6) is 0 Å². The van der Waals surface area contributed by atoms with Crippen LogP contribution in [0, 0.1) is 11.8 Å². The maximum Gasteiger partial charge on any atom is 0.103 e. The highest BCUT2D eigenvalue weighted by atomic mass is 32.1. The van der Waals surface area contributed by atoms with Crippen LogP contribution in [0.1, 0.15) is 33.6 Å². The molecule has 4 unspecified atom stereocenters. The lowest BCUT2D eigenvalue weighted by molar-refractivity contribution is 0.0714. The number of hydrogen-bond acceptors (Lipinski definition) is 2. The van der Waals surface area contributed by atoms with Gasteiger partial charge in [-0.25, -0.2) is 0 Å². The predicted molar refractivity (Wildman–Crippen MR) is 50.9 cm³/mol. The molecule has 1 aliphatic rings. The van der Waals surface area contributed by atoms with Gasteiger partial charge in [0, 0.05) is 0 Å². The molecule has 0 saturated carbocycles. The summed E-state index contributed by atoms with van der Waals surface area (Å²) in [5.74, 6) is 1.34. The largest absolute Gasteiger partial charge is 0.364 e. The normalized spacial score (nSPS) is 44.7. The summed E-state index contributed by atoms with van der Waals surface area (Å²) >= 11 is 4.39. The topological polar surface area (TPSA) is 9.23 Å². The van der Waals surface area contributed by atoms with Crippen LogP contribution in [0.2, 0.25) is 0 Å². The Morgan fingerprint density at radius 3 is 2.27 bits per heavy atom. The third-order valence-corrected chi connectivity index (χ3v) is 3.38. The molecule has 0 bridgehead atoms. The van der Waals surface area contributed by atoms with Crippen LogP contribution < -0.4 is 0 Å². The van der Waals surface area contributed by atoms with Crippen LogP contribution >= 0.6 is 12.6 Å². The monoisotopic (exact) mass is 174 g/mol. The van der Waals surface area contributed by atoms with Crippen LogP contribution in [0.15, 0.2) is 0 Å². The highest BCUT2D eigenvalue weighted by Crippen LogP contribution is 2.37. The smallest absolute Gasteiger partial charge is 0.103 e. The Kier molecular flexibility index (Phi) is 3.26. The Bertz CT molecular complexity index is 127. The summed E-state index contributed by atoms with van der Waals surface area (Å²) in [4.78, 5) is 0. The lowest BCUT2D eigenvalue weighted by Crippen LogP contribution is -2.17. The molecule has 0 aromatic carbocycles. The van der Waals surface area contributed by atoms with E-state index < -0.39 is 0 Å². The minimum absolute atomic E-state index is 0.171. The van der Waals surface area contributed by atoms with Crippen molar-refractivity contribution in [1.29, 1.82) is 0 Å². The van der Waals surface area contributed by atoms with Crippen molar-refractivity contribution in [2.45, 2.75) is 45.2 Å². The Morgan fingerprint density at radius 1 is 1.27 bits per heavy atom. The third-order valence-electron chi connectivity index (χ3n) is 2.79. The van der Waals surface area contributed by atoms with Gasteiger partial charge in [-0.1, -0.05) is 27.2 Å². The molecule has 11 heavy (non-hydrogen) atoms. The molecule has 0 aliphatic carbocycles. The minimum Gasteiger partial charge on any atom is -0.364 e. The molecule has 1 fully saturated rings. The number of rotatable bonds is 2. The number of hydrogen-bond donors (Lipinski definition) is 1. The second kappa shape index (κ2) is 3.81. The first-order valence-corrected chi connectivity index (χ1v) is 5.05. The van der Waals surface area contributed by atoms with E-state index in [1.165, 1.54) is 6.42 Å². The predicted octanol–water partition coefficient (Wildman–Crippen LogP) is 2.71. The molecule has 1 heterocycles. The van der Waals surface area contributed by atoms with Crippen LogP contribution in [0.4, 0.5) is 0 Å². The molecule has 4 atom stereocenters. The molecule has 1 rings (SSSR count). The highest BCUT2D eigenvalue weighted by molar-refractivity contribution is 7.80. The van der Waals surface area contributed by atoms with Crippen molar-refractivity contribution >= 4 is 12.6 Å². The molecule has 0 amide bonds. The van der Waals surface area contributed by atoms with Crippen molar-refractivity contribution in [2.24, 2.45) is 11.8 Å². The van der Waals surface area contributed by atoms with Gasteiger partial charge in [-0.2, -0.15) is 0 Å². The van der Waals surface area contributed by atoms with Crippen molar-refractivity contribution in [1.82, 2.24) is 0 Å². The first kappa shape index (κ1) is 9.40. The molecule has 0 aromatic heterocycles. The van der Waals surface area contributed by atoms with E-state index in [-0.39, 0.29) is 5.44 Å². The molecule has 0 radical (unpaired) electrons. The summed E-state index contributed by atoms with van der Waals surface area (Å²) in [6, 6.07) is 0. The zero-order valence-corrected chi connectivity index (χ0v) is 8.47. The zero-order valence-electron chi connectivity index (χ0n) is 7.58. The highest BCUT2D eigenvalue weighted by Gasteiger charge is 2.37. The summed E-state index contributed by atoms with van der Waals surface area (Å²) in [5.41, 5.74) is 0.171. The zero-order chi connectivity index (χ0) is 8.43. The molecule has 66 valence electrons. The summed E-state index contributed by atoms with van der Waals surface area (Å²) in [6.45, 7) is 6.66. The summed E-state index contributed by atoms with van der Waals surface area (Å²) in [7, 11) is 0. The number of ether oxygens (including phenoxy) is 1. The fourth-order valence-corrected chi connectivity index (χ4v) is 2.37. The van der Waals surface area contributed by atoms with Crippen LogP contribution in [-0.4, -0.2) is 11.5 Å². The van der Waals surface area contributed by atoms with Crippen molar-refractivity contribution in [2.75, 3.05) is 0 Å². The van der Waals surface area contributed by atoms with Gasteiger partial charge in [0.15, 0.2) is 0 Å². The fraction of sp³-hybridized carbons (Fsp3) is 1.00.